The highest BCUT2D eigenvalue weighted by atomic mass is 19.1. The van der Waals surface area contributed by atoms with E-state index in [1.165, 1.54) is 6.92 Å². The van der Waals surface area contributed by atoms with E-state index in [4.69, 9.17) is 15.3 Å². The van der Waals surface area contributed by atoms with Crippen molar-refractivity contribution in [2.24, 2.45) is 0 Å². The van der Waals surface area contributed by atoms with Crippen molar-refractivity contribution >= 4 is 0 Å². The normalized spacial score (nSPS) is 52.6. The fourth-order valence-corrected chi connectivity index (χ4v) is 1.01. The second-order valence-corrected chi connectivity index (χ2v) is 2.66. The molecule has 1 aliphatic heterocycles. The van der Waals surface area contributed by atoms with E-state index in [2.05, 4.69) is 4.74 Å². The summed E-state index contributed by atoms with van der Waals surface area (Å²) in [5, 5.41) is 26.7. The summed E-state index contributed by atoms with van der Waals surface area (Å²) in [6.45, 7) is 1.45. The van der Waals surface area contributed by atoms with Gasteiger partial charge in [0, 0.05) is 0 Å². The maximum Gasteiger partial charge on any atom is 0.189 e. The number of aliphatic hydroxyl groups is 3. The molecular formula is C6H11FO4. The first kappa shape index (κ1) is 8.86. The van der Waals surface area contributed by atoms with Crippen molar-refractivity contribution in [3.63, 3.8) is 0 Å². The van der Waals surface area contributed by atoms with Crippen LogP contribution in [-0.4, -0.2) is 46.1 Å². The summed E-state index contributed by atoms with van der Waals surface area (Å²) in [5.41, 5.74) is 0. The third-order valence-corrected chi connectivity index (χ3v) is 1.78. The molecule has 0 aromatic carbocycles. The molecule has 66 valence electrons. The zero-order chi connectivity index (χ0) is 8.59. The second kappa shape index (κ2) is 3.02. The second-order valence-electron chi connectivity index (χ2n) is 2.66. The van der Waals surface area contributed by atoms with Gasteiger partial charge in [-0.15, -0.1) is 0 Å². The van der Waals surface area contributed by atoms with E-state index < -0.39 is 30.8 Å². The van der Waals surface area contributed by atoms with Crippen LogP contribution in [0.3, 0.4) is 0 Å². The number of hydrogen-bond donors (Lipinski definition) is 3. The van der Waals surface area contributed by atoms with Gasteiger partial charge in [-0.05, 0) is 6.92 Å². The van der Waals surface area contributed by atoms with Crippen LogP contribution < -0.4 is 0 Å². The molecule has 0 saturated carbocycles. The van der Waals surface area contributed by atoms with Gasteiger partial charge in [0.25, 0.3) is 0 Å². The predicted octanol–water partition coefficient (Wildman–Crippen LogP) is -1.22. The van der Waals surface area contributed by atoms with Crippen molar-refractivity contribution in [1.29, 1.82) is 0 Å². The zero-order valence-corrected chi connectivity index (χ0v) is 6.01. The fourth-order valence-electron chi connectivity index (χ4n) is 1.01. The summed E-state index contributed by atoms with van der Waals surface area (Å²) in [6.07, 6.45) is -7.14. The van der Waals surface area contributed by atoms with E-state index in [1.54, 1.807) is 0 Å². The summed E-state index contributed by atoms with van der Waals surface area (Å²) in [7, 11) is 0. The average molecular weight is 166 g/mol. The minimum absolute atomic E-state index is 0.744. The van der Waals surface area contributed by atoms with Crippen LogP contribution in [0.2, 0.25) is 0 Å². The summed E-state index contributed by atoms with van der Waals surface area (Å²) < 4.78 is 17.2. The molecule has 0 amide bonds. The molecule has 1 heterocycles. The van der Waals surface area contributed by atoms with Crippen molar-refractivity contribution in [3.05, 3.63) is 0 Å². The van der Waals surface area contributed by atoms with Gasteiger partial charge in [0.1, 0.15) is 12.2 Å². The maximum atomic E-state index is 12.6. The molecule has 1 fully saturated rings. The van der Waals surface area contributed by atoms with Gasteiger partial charge in [0.2, 0.25) is 0 Å². The third-order valence-electron chi connectivity index (χ3n) is 1.78. The lowest BCUT2D eigenvalue weighted by molar-refractivity contribution is -0.261. The van der Waals surface area contributed by atoms with E-state index in [-0.39, 0.29) is 0 Å². The topological polar surface area (TPSA) is 69.9 Å². The zero-order valence-electron chi connectivity index (χ0n) is 6.01. The van der Waals surface area contributed by atoms with Crippen LogP contribution in [0.4, 0.5) is 4.39 Å². The Balaban J connectivity index is 2.63. The van der Waals surface area contributed by atoms with Gasteiger partial charge < -0.3 is 20.1 Å². The Bertz CT molecular complexity index is 129. The van der Waals surface area contributed by atoms with E-state index in [1.807, 2.05) is 0 Å². The molecule has 5 atom stereocenters. The monoisotopic (exact) mass is 166 g/mol. The number of aliphatic hydroxyl groups excluding tert-OH is 3. The largest absolute Gasteiger partial charge is 0.388 e. The van der Waals surface area contributed by atoms with E-state index in [9.17, 15) is 4.39 Å². The highest BCUT2D eigenvalue weighted by molar-refractivity contribution is 4.86. The molecule has 4 nitrogen and oxygen atoms in total. The van der Waals surface area contributed by atoms with Crippen molar-refractivity contribution in [1.82, 2.24) is 0 Å². The molecule has 0 aromatic rings. The van der Waals surface area contributed by atoms with Crippen molar-refractivity contribution in [2.45, 2.75) is 37.7 Å². The molecule has 0 radical (unpaired) electrons. The quantitative estimate of drug-likeness (QED) is 0.422. The Morgan fingerprint density at radius 1 is 1.18 bits per heavy atom. The minimum atomic E-state index is -1.93. The molecule has 3 N–H and O–H groups in total. The van der Waals surface area contributed by atoms with Crippen LogP contribution in [-0.2, 0) is 4.74 Å². The lowest BCUT2D eigenvalue weighted by Gasteiger charge is -2.35. The van der Waals surface area contributed by atoms with Crippen LogP contribution in [0.15, 0.2) is 0 Å². The average Bonchev–Trinajstić information content (AvgIpc) is 1.97. The van der Waals surface area contributed by atoms with E-state index in [0.29, 0.717) is 0 Å². The molecule has 11 heavy (non-hydrogen) atoms. The number of ether oxygens (including phenoxy) is 1. The molecule has 0 spiro atoms. The lowest BCUT2D eigenvalue weighted by Crippen LogP contribution is -2.54. The number of alkyl halides is 1. The van der Waals surface area contributed by atoms with Gasteiger partial charge in [0.05, 0.1) is 6.10 Å². The van der Waals surface area contributed by atoms with E-state index >= 15 is 0 Å². The third kappa shape index (κ3) is 1.51. The van der Waals surface area contributed by atoms with Crippen LogP contribution in [0.5, 0.6) is 0 Å². The van der Waals surface area contributed by atoms with Crippen molar-refractivity contribution < 1.29 is 24.4 Å². The van der Waals surface area contributed by atoms with Crippen LogP contribution in [0.25, 0.3) is 0 Å². The van der Waals surface area contributed by atoms with Crippen molar-refractivity contribution in [3.8, 4) is 0 Å². The highest BCUT2D eigenvalue weighted by Crippen LogP contribution is 2.21. The molecule has 2 unspecified atom stereocenters. The van der Waals surface area contributed by atoms with Crippen LogP contribution in [0.1, 0.15) is 6.92 Å². The Morgan fingerprint density at radius 3 is 2.27 bits per heavy atom. The first-order chi connectivity index (χ1) is 5.04. The SMILES string of the molecule is CC1O[C@@H](O)C(F)[C@H](O)[C@H]1O. The molecule has 0 bridgehead atoms. The Labute approximate surface area is 63.2 Å². The molecular weight excluding hydrogens is 155 g/mol. The lowest BCUT2D eigenvalue weighted by atomic mass is 10.0. The highest BCUT2D eigenvalue weighted by Gasteiger charge is 2.42. The van der Waals surface area contributed by atoms with E-state index in [0.717, 1.165) is 0 Å². The molecule has 1 aliphatic rings. The fraction of sp³-hybridized carbons (Fsp3) is 1.00. The summed E-state index contributed by atoms with van der Waals surface area (Å²) in [5.74, 6) is 0. The molecule has 5 heteroatoms. The first-order valence-electron chi connectivity index (χ1n) is 3.37. The summed E-state index contributed by atoms with van der Waals surface area (Å²) in [4.78, 5) is 0. The smallest absolute Gasteiger partial charge is 0.189 e. The van der Waals surface area contributed by atoms with Gasteiger partial charge >= 0.3 is 0 Å². The van der Waals surface area contributed by atoms with Gasteiger partial charge in [0.15, 0.2) is 12.5 Å². The molecule has 0 aliphatic carbocycles. The minimum Gasteiger partial charge on any atom is -0.388 e. The summed E-state index contributed by atoms with van der Waals surface area (Å²) in [6, 6.07) is 0. The standard InChI is InChI=1S/C6H11FO4/c1-2-4(8)5(9)3(7)6(10)11-2/h2-6,8-10H,1H3/t2?,3?,4-,5-,6+/m0/s1. The van der Waals surface area contributed by atoms with Gasteiger partial charge in [-0.25, -0.2) is 4.39 Å². The number of rotatable bonds is 0. The predicted molar refractivity (Wildman–Crippen MR) is 33.5 cm³/mol. The Morgan fingerprint density at radius 2 is 1.73 bits per heavy atom. The van der Waals surface area contributed by atoms with Crippen LogP contribution in [0, 0.1) is 0 Å². The molecule has 1 saturated heterocycles. The maximum absolute atomic E-state index is 12.6. The van der Waals surface area contributed by atoms with Crippen LogP contribution >= 0.6 is 0 Å². The molecule has 0 aromatic heterocycles. The number of hydrogen-bond acceptors (Lipinski definition) is 4. The Kier molecular flexibility index (Phi) is 2.43. The van der Waals surface area contributed by atoms with Gasteiger partial charge in [-0.1, -0.05) is 0 Å². The van der Waals surface area contributed by atoms with Crippen molar-refractivity contribution in [2.75, 3.05) is 0 Å². The molecule has 1 rings (SSSR count). The Hall–Kier alpha value is -0.230. The number of halogens is 1. The van der Waals surface area contributed by atoms with Gasteiger partial charge in [-0.3, -0.25) is 0 Å². The van der Waals surface area contributed by atoms with Gasteiger partial charge in [-0.2, -0.15) is 0 Å². The first-order valence-corrected chi connectivity index (χ1v) is 3.37. The summed E-state index contributed by atoms with van der Waals surface area (Å²) >= 11 is 0.